The summed E-state index contributed by atoms with van der Waals surface area (Å²) in [6, 6.07) is 4.24. The standard InChI is InChI=1S/C14H7Cl3N2O3S/c15-8-1-2-9(16)12(17)11(8)13(21)22-6-7-5-10(20)19-3-4-23-14(19)18-7/h1-5H,6H2. The summed E-state index contributed by atoms with van der Waals surface area (Å²) < 4.78 is 6.54. The normalized spacial score (nSPS) is 10.9. The lowest BCUT2D eigenvalue weighted by atomic mass is 10.2. The fraction of sp³-hybridized carbons (Fsp3) is 0.0714. The van der Waals surface area contributed by atoms with Gasteiger partial charge in [0.2, 0.25) is 0 Å². The van der Waals surface area contributed by atoms with Crippen molar-refractivity contribution in [2.24, 2.45) is 0 Å². The first-order valence-electron chi connectivity index (χ1n) is 6.24. The molecule has 0 saturated carbocycles. The number of fused-ring (bicyclic) bond motifs is 1. The van der Waals surface area contributed by atoms with E-state index in [1.165, 1.54) is 33.9 Å². The van der Waals surface area contributed by atoms with Gasteiger partial charge >= 0.3 is 5.97 Å². The maximum Gasteiger partial charge on any atom is 0.341 e. The molecule has 5 nitrogen and oxygen atoms in total. The van der Waals surface area contributed by atoms with E-state index in [4.69, 9.17) is 39.5 Å². The largest absolute Gasteiger partial charge is 0.455 e. The molecule has 0 fully saturated rings. The zero-order valence-corrected chi connectivity index (χ0v) is 14.3. The molecule has 0 atom stereocenters. The van der Waals surface area contributed by atoms with Crippen LogP contribution in [-0.2, 0) is 11.3 Å². The van der Waals surface area contributed by atoms with Crippen LogP contribution in [0.1, 0.15) is 16.1 Å². The third-order valence-electron chi connectivity index (χ3n) is 2.96. The molecule has 9 heteroatoms. The van der Waals surface area contributed by atoms with Crippen LogP contribution in [0.5, 0.6) is 0 Å². The van der Waals surface area contributed by atoms with Gasteiger partial charge in [0.15, 0.2) is 4.96 Å². The fourth-order valence-electron chi connectivity index (χ4n) is 1.89. The lowest BCUT2D eigenvalue weighted by Gasteiger charge is -2.08. The van der Waals surface area contributed by atoms with Gasteiger partial charge in [-0.15, -0.1) is 11.3 Å². The first-order valence-corrected chi connectivity index (χ1v) is 8.25. The summed E-state index contributed by atoms with van der Waals surface area (Å²) in [6.07, 6.45) is 1.62. The molecule has 2 heterocycles. The molecule has 23 heavy (non-hydrogen) atoms. The zero-order chi connectivity index (χ0) is 16.6. The number of rotatable bonds is 3. The number of benzene rings is 1. The van der Waals surface area contributed by atoms with Gasteiger partial charge in [-0.1, -0.05) is 34.8 Å². The molecular formula is C14H7Cl3N2O3S. The van der Waals surface area contributed by atoms with Crippen LogP contribution in [0, 0.1) is 0 Å². The van der Waals surface area contributed by atoms with Gasteiger partial charge in [-0.25, -0.2) is 9.78 Å². The minimum Gasteiger partial charge on any atom is -0.455 e. The summed E-state index contributed by atoms with van der Waals surface area (Å²) >= 11 is 19.1. The number of halogens is 3. The van der Waals surface area contributed by atoms with E-state index in [0.29, 0.717) is 10.7 Å². The van der Waals surface area contributed by atoms with Crippen LogP contribution >= 0.6 is 46.1 Å². The summed E-state index contributed by atoms with van der Waals surface area (Å²) in [4.78, 5) is 28.8. The molecule has 3 aromatic rings. The summed E-state index contributed by atoms with van der Waals surface area (Å²) in [7, 11) is 0. The van der Waals surface area contributed by atoms with Crippen molar-refractivity contribution in [3.05, 3.63) is 66.5 Å². The SMILES string of the molecule is O=C(OCc1cc(=O)n2ccsc2n1)c1c(Cl)ccc(Cl)c1Cl. The van der Waals surface area contributed by atoms with Gasteiger partial charge in [-0.05, 0) is 12.1 Å². The Morgan fingerprint density at radius 2 is 2.00 bits per heavy atom. The smallest absolute Gasteiger partial charge is 0.341 e. The highest BCUT2D eigenvalue weighted by Crippen LogP contribution is 2.32. The van der Waals surface area contributed by atoms with Crippen molar-refractivity contribution < 1.29 is 9.53 Å². The summed E-state index contributed by atoms with van der Waals surface area (Å²) in [5.74, 6) is -0.740. The molecule has 118 valence electrons. The molecular weight excluding hydrogens is 383 g/mol. The summed E-state index contributed by atoms with van der Waals surface area (Å²) in [5.41, 5.74) is 0.0657. The highest BCUT2D eigenvalue weighted by atomic mass is 35.5. The van der Waals surface area contributed by atoms with Crippen LogP contribution in [-0.4, -0.2) is 15.4 Å². The quantitative estimate of drug-likeness (QED) is 0.500. The molecule has 0 bridgehead atoms. The molecule has 0 aliphatic heterocycles. The van der Waals surface area contributed by atoms with E-state index in [-0.39, 0.29) is 32.8 Å². The van der Waals surface area contributed by atoms with Crippen LogP contribution in [0.3, 0.4) is 0 Å². The number of carbonyl (C=O) groups is 1. The molecule has 2 aromatic heterocycles. The zero-order valence-electron chi connectivity index (χ0n) is 11.3. The number of thiazole rings is 1. The van der Waals surface area contributed by atoms with E-state index in [9.17, 15) is 9.59 Å². The Bertz CT molecular complexity index is 968. The molecule has 0 aliphatic rings. The van der Waals surface area contributed by atoms with Crippen LogP contribution in [0.4, 0.5) is 0 Å². The highest BCUT2D eigenvalue weighted by molar-refractivity contribution is 7.15. The van der Waals surface area contributed by atoms with Gasteiger partial charge in [0.05, 0.1) is 26.3 Å². The Kier molecular flexibility index (Phi) is 4.59. The molecule has 0 spiro atoms. The van der Waals surface area contributed by atoms with Gasteiger partial charge in [0.25, 0.3) is 5.56 Å². The summed E-state index contributed by atoms with van der Waals surface area (Å²) in [5, 5.41) is 2.09. The van der Waals surface area contributed by atoms with E-state index in [0.717, 1.165) is 0 Å². The molecule has 3 rings (SSSR count). The second kappa shape index (κ2) is 6.49. The first kappa shape index (κ1) is 16.3. The minimum absolute atomic E-state index is 0.0187. The number of nitrogens with zero attached hydrogens (tertiary/aromatic N) is 2. The highest BCUT2D eigenvalue weighted by Gasteiger charge is 2.19. The average molecular weight is 390 g/mol. The molecule has 0 aliphatic carbocycles. The second-order valence-electron chi connectivity index (χ2n) is 4.44. The number of ether oxygens (including phenoxy) is 1. The first-order chi connectivity index (χ1) is 11.0. The van der Waals surface area contributed by atoms with E-state index in [1.807, 2.05) is 0 Å². The van der Waals surface area contributed by atoms with Gasteiger partial charge in [-0.3, -0.25) is 9.20 Å². The molecule has 0 unspecified atom stereocenters. The van der Waals surface area contributed by atoms with Crippen molar-refractivity contribution in [1.82, 2.24) is 9.38 Å². The molecule has 1 aromatic carbocycles. The van der Waals surface area contributed by atoms with E-state index >= 15 is 0 Å². The van der Waals surface area contributed by atoms with Crippen molar-refractivity contribution in [3.8, 4) is 0 Å². The Hall–Kier alpha value is -1.60. The fourth-order valence-corrected chi connectivity index (χ4v) is 3.31. The molecule has 0 amide bonds. The Morgan fingerprint density at radius 1 is 1.26 bits per heavy atom. The number of esters is 1. The van der Waals surface area contributed by atoms with Gasteiger partial charge in [0, 0.05) is 17.6 Å². The summed E-state index contributed by atoms with van der Waals surface area (Å²) in [6.45, 7) is -0.179. The monoisotopic (exact) mass is 388 g/mol. The van der Waals surface area contributed by atoms with Gasteiger partial charge in [0.1, 0.15) is 6.61 Å². The third kappa shape index (κ3) is 3.21. The van der Waals surface area contributed by atoms with Crippen molar-refractivity contribution >= 4 is 57.1 Å². The number of hydrogen-bond donors (Lipinski definition) is 0. The van der Waals surface area contributed by atoms with Gasteiger partial charge < -0.3 is 4.74 Å². The molecule has 0 N–H and O–H groups in total. The van der Waals surface area contributed by atoms with Crippen molar-refractivity contribution in [2.75, 3.05) is 0 Å². The number of hydrogen-bond acceptors (Lipinski definition) is 5. The minimum atomic E-state index is -0.740. The average Bonchev–Trinajstić information content (AvgIpc) is 2.98. The van der Waals surface area contributed by atoms with E-state index in [2.05, 4.69) is 4.98 Å². The third-order valence-corrected chi connectivity index (χ3v) is 4.83. The maximum absolute atomic E-state index is 12.2. The lowest BCUT2D eigenvalue weighted by Crippen LogP contribution is -2.15. The lowest BCUT2D eigenvalue weighted by molar-refractivity contribution is 0.0468. The van der Waals surface area contributed by atoms with Crippen molar-refractivity contribution in [3.63, 3.8) is 0 Å². The Morgan fingerprint density at radius 3 is 2.78 bits per heavy atom. The van der Waals surface area contributed by atoms with Crippen molar-refractivity contribution in [2.45, 2.75) is 6.61 Å². The van der Waals surface area contributed by atoms with Gasteiger partial charge in [-0.2, -0.15) is 0 Å². The van der Waals surface area contributed by atoms with Crippen LogP contribution in [0.15, 0.2) is 34.6 Å². The Balaban J connectivity index is 1.84. The number of carbonyl (C=O) groups excluding carboxylic acids is 1. The topological polar surface area (TPSA) is 60.7 Å². The van der Waals surface area contributed by atoms with Crippen LogP contribution in [0.25, 0.3) is 4.96 Å². The Labute approximate surface area is 149 Å². The molecule has 0 radical (unpaired) electrons. The van der Waals surface area contributed by atoms with E-state index < -0.39 is 5.97 Å². The van der Waals surface area contributed by atoms with Crippen LogP contribution in [0.2, 0.25) is 15.1 Å². The van der Waals surface area contributed by atoms with E-state index in [1.54, 1.807) is 11.6 Å². The van der Waals surface area contributed by atoms with Crippen molar-refractivity contribution in [1.29, 1.82) is 0 Å². The predicted molar refractivity (Wildman–Crippen MR) is 89.9 cm³/mol. The maximum atomic E-state index is 12.2. The second-order valence-corrected chi connectivity index (χ2v) is 6.50. The number of aromatic nitrogens is 2. The predicted octanol–water partition coefficient (Wildman–Crippen LogP) is 4.07. The van der Waals surface area contributed by atoms with Crippen LogP contribution < -0.4 is 5.56 Å². The molecule has 0 saturated heterocycles.